The van der Waals surface area contributed by atoms with E-state index in [4.69, 9.17) is 20.8 Å². The molecule has 0 saturated carbocycles. The van der Waals surface area contributed by atoms with Crippen molar-refractivity contribution in [3.63, 3.8) is 0 Å². The number of halogens is 1. The second-order valence-corrected chi connectivity index (χ2v) is 8.17. The predicted octanol–water partition coefficient (Wildman–Crippen LogP) is 2.90. The minimum absolute atomic E-state index is 0.0523. The first kappa shape index (κ1) is 27.0. The van der Waals surface area contributed by atoms with Crippen molar-refractivity contribution in [3.05, 3.63) is 76.2 Å². The lowest BCUT2D eigenvalue weighted by Crippen LogP contribution is -2.34. The van der Waals surface area contributed by atoms with Crippen molar-refractivity contribution in [2.75, 3.05) is 17.7 Å². The van der Waals surface area contributed by atoms with Gasteiger partial charge in [-0.15, -0.1) is 0 Å². The Morgan fingerprint density at radius 2 is 1.68 bits per heavy atom. The number of methoxy groups -OCH3 is 1. The molecule has 0 aliphatic rings. The molecule has 4 N–H and O–H groups in total. The van der Waals surface area contributed by atoms with Gasteiger partial charge in [0.05, 0.1) is 25.6 Å². The van der Waals surface area contributed by atoms with Gasteiger partial charge in [0.1, 0.15) is 17.3 Å². The zero-order valence-corrected chi connectivity index (χ0v) is 20.9. The van der Waals surface area contributed by atoms with Gasteiger partial charge < -0.3 is 25.1 Å². The Morgan fingerprint density at radius 1 is 0.919 bits per heavy atom. The van der Waals surface area contributed by atoms with E-state index in [1.54, 1.807) is 30.3 Å². The summed E-state index contributed by atoms with van der Waals surface area (Å²) in [4.78, 5) is 48.3. The quantitative estimate of drug-likeness (QED) is 0.211. The van der Waals surface area contributed by atoms with Gasteiger partial charge in [0.2, 0.25) is 0 Å². The number of hydrogen-bond donors (Lipinski definition) is 4. The minimum atomic E-state index is -1.04. The molecule has 0 fully saturated rings. The number of benzene rings is 2. The van der Waals surface area contributed by atoms with Crippen LogP contribution >= 0.6 is 11.6 Å². The number of anilines is 2. The number of furan rings is 1. The molecule has 3 rings (SSSR count). The van der Waals surface area contributed by atoms with E-state index in [1.165, 1.54) is 25.5 Å². The van der Waals surface area contributed by atoms with E-state index in [0.717, 1.165) is 11.1 Å². The van der Waals surface area contributed by atoms with E-state index in [1.807, 2.05) is 19.9 Å². The minimum Gasteiger partial charge on any atom is -0.495 e. The summed E-state index contributed by atoms with van der Waals surface area (Å²) in [6.45, 7) is 3.80. The van der Waals surface area contributed by atoms with Crippen molar-refractivity contribution in [1.82, 2.24) is 10.7 Å². The molecule has 0 radical (unpaired) electrons. The molecule has 0 aliphatic heterocycles. The van der Waals surface area contributed by atoms with E-state index >= 15 is 0 Å². The maximum absolute atomic E-state index is 12.1. The number of ether oxygens (including phenoxy) is 1. The monoisotopic (exact) mass is 525 g/mol. The third-order valence-electron chi connectivity index (χ3n) is 5.05. The first-order chi connectivity index (χ1) is 17.7. The summed E-state index contributed by atoms with van der Waals surface area (Å²) in [5.74, 6) is -2.77. The van der Waals surface area contributed by atoms with Crippen LogP contribution in [0.1, 0.15) is 22.6 Å². The fourth-order valence-corrected chi connectivity index (χ4v) is 3.15. The number of carbonyl (C=O) groups excluding carboxylic acids is 4. The smallest absolute Gasteiger partial charge is 0.329 e. The van der Waals surface area contributed by atoms with E-state index in [0.29, 0.717) is 22.2 Å². The van der Waals surface area contributed by atoms with E-state index in [9.17, 15) is 19.2 Å². The summed E-state index contributed by atoms with van der Waals surface area (Å²) in [6, 6.07) is 13.0. The highest BCUT2D eigenvalue weighted by molar-refractivity contribution is 6.40. The van der Waals surface area contributed by atoms with Crippen LogP contribution < -0.4 is 26.1 Å². The Hall–Kier alpha value is -4.64. The van der Waals surface area contributed by atoms with Crippen LogP contribution in [0.5, 0.6) is 5.75 Å². The molecule has 3 aromatic rings. The summed E-state index contributed by atoms with van der Waals surface area (Å²) >= 11 is 5.90. The average molecular weight is 526 g/mol. The van der Waals surface area contributed by atoms with Gasteiger partial charge in [-0.3, -0.25) is 19.2 Å². The van der Waals surface area contributed by atoms with E-state index in [2.05, 4.69) is 26.5 Å². The molecule has 0 saturated heterocycles. The molecule has 2 aromatic carbocycles. The van der Waals surface area contributed by atoms with Crippen LogP contribution in [-0.2, 0) is 25.7 Å². The lowest BCUT2D eigenvalue weighted by molar-refractivity contribution is -0.136. The summed E-state index contributed by atoms with van der Waals surface area (Å²) in [5.41, 5.74) is 4.87. The number of carbonyl (C=O) groups is 4. The third-order valence-corrected chi connectivity index (χ3v) is 5.29. The van der Waals surface area contributed by atoms with Crippen molar-refractivity contribution >= 4 is 52.8 Å². The third kappa shape index (κ3) is 7.67. The second-order valence-electron chi connectivity index (χ2n) is 7.74. The Balaban J connectivity index is 1.46. The molecule has 0 aliphatic carbocycles. The number of amides is 4. The topological polar surface area (TPSA) is 151 Å². The lowest BCUT2D eigenvalue weighted by Gasteiger charge is -2.09. The maximum atomic E-state index is 12.1. The van der Waals surface area contributed by atoms with Crippen LogP contribution in [-0.4, -0.2) is 37.0 Å². The van der Waals surface area contributed by atoms with Gasteiger partial charge in [-0.25, -0.2) is 5.43 Å². The van der Waals surface area contributed by atoms with Crippen LogP contribution in [0.3, 0.4) is 0 Å². The Kier molecular flexibility index (Phi) is 9.00. The number of aryl methyl sites for hydroxylation is 2. The first-order valence-electron chi connectivity index (χ1n) is 10.9. The molecular formula is C25H24ClN5O6. The maximum Gasteiger partial charge on any atom is 0.329 e. The zero-order valence-electron chi connectivity index (χ0n) is 20.2. The number of nitrogens with zero attached hydrogens (tertiary/aromatic N) is 1. The highest BCUT2D eigenvalue weighted by atomic mass is 35.5. The largest absolute Gasteiger partial charge is 0.495 e. The highest BCUT2D eigenvalue weighted by Gasteiger charge is 2.16. The van der Waals surface area contributed by atoms with Gasteiger partial charge in [-0.2, -0.15) is 5.10 Å². The Bertz CT molecular complexity index is 1370. The SMILES string of the molecule is COc1ccc(Cl)cc1NC(=O)C(=O)N/N=C/c1ccc(CNC(=O)C(=O)Nc2ccc(C)c(C)c2)o1. The van der Waals surface area contributed by atoms with Crippen LogP contribution in [0.4, 0.5) is 11.4 Å². The van der Waals surface area contributed by atoms with Crippen LogP contribution in [0.2, 0.25) is 5.02 Å². The van der Waals surface area contributed by atoms with Gasteiger partial charge >= 0.3 is 23.6 Å². The molecule has 12 heteroatoms. The number of rotatable bonds is 7. The fourth-order valence-electron chi connectivity index (χ4n) is 2.98. The molecule has 1 aromatic heterocycles. The summed E-state index contributed by atoms with van der Waals surface area (Å²) in [5, 5.41) is 11.4. The van der Waals surface area contributed by atoms with Crippen LogP contribution in [0.15, 0.2) is 58.0 Å². The van der Waals surface area contributed by atoms with Crippen LogP contribution in [0, 0.1) is 13.8 Å². The zero-order chi connectivity index (χ0) is 26.9. The van der Waals surface area contributed by atoms with Gasteiger partial charge in [0.15, 0.2) is 0 Å². The van der Waals surface area contributed by atoms with Gasteiger partial charge in [0, 0.05) is 10.7 Å². The second kappa shape index (κ2) is 12.4. The average Bonchev–Trinajstić information content (AvgIpc) is 3.32. The lowest BCUT2D eigenvalue weighted by atomic mass is 10.1. The van der Waals surface area contributed by atoms with Crippen molar-refractivity contribution in [1.29, 1.82) is 0 Å². The van der Waals surface area contributed by atoms with E-state index in [-0.39, 0.29) is 18.0 Å². The Morgan fingerprint density at radius 3 is 2.41 bits per heavy atom. The molecule has 192 valence electrons. The molecule has 0 unspecified atom stereocenters. The molecule has 1 heterocycles. The molecule has 0 spiro atoms. The van der Waals surface area contributed by atoms with Crippen molar-refractivity contribution in [3.8, 4) is 5.75 Å². The molecule has 0 bridgehead atoms. The molecular weight excluding hydrogens is 502 g/mol. The summed E-state index contributed by atoms with van der Waals surface area (Å²) in [6.07, 6.45) is 1.17. The predicted molar refractivity (Wildman–Crippen MR) is 137 cm³/mol. The van der Waals surface area contributed by atoms with Crippen molar-refractivity contribution in [2.24, 2.45) is 5.10 Å². The van der Waals surface area contributed by atoms with Gasteiger partial charge in [0.25, 0.3) is 0 Å². The molecule has 0 atom stereocenters. The molecule has 4 amide bonds. The van der Waals surface area contributed by atoms with Crippen LogP contribution in [0.25, 0.3) is 0 Å². The van der Waals surface area contributed by atoms with Gasteiger partial charge in [-0.1, -0.05) is 17.7 Å². The summed E-state index contributed by atoms with van der Waals surface area (Å²) in [7, 11) is 1.41. The normalized spacial score (nSPS) is 10.6. The van der Waals surface area contributed by atoms with E-state index < -0.39 is 23.6 Å². The molecule has 11 nitrogen and oxygen atoms in total. The molecule has 37 heavy (non-hydrogen) atoms. The number of hydrazone groups is 1. The standard InChI is InChI=1S/C25H24ClN5O6/c1-14-4-6-17(10-15(14)2)29-23(33)22(32)27-12-18-7-8-19(37-18)13-28-31-25(35)24(34)30-20-11-16(26)5-9-21(20)36-3/h4-11,13H,12H2,1-3H3,(H,27,32)(H,29,33)(H,30,34)(H,31,35)/b28-13+. The highest BCUT2D eigenvalue weighted by Crippen LogP contribution is 2.27. The summed E-state index contributed by atoms with van der Waals surface area (Å²) < 4.78 is 10.6. The Labute approximate surface area is 217 Å². The number of hydrogen-bond acceptors (Lipinski definition) is 7. The van der Waals surface area contributed by atoms with Crippen molar-refractivity contribution in [2.45, 2.75) is 20.4 Å². The van der Waals surface area contributed by atoms with Gasteiger partial charge in [-0.05, 0) is 67.4 Å². The first-order valence-corrected chi connectivity index (χ1v) is 11.3. The fraction of sp³-hybridized carbons (Fsp3) is 0.160. The van der Waals surface area contributed by atoms with Crippen molar-refractivity contribution < 1.29 is 28.3 Å². The number of nitrogens with one attached hydrogen (secondary N) is 4.